The minimum Gasteiger partial charge on any atom is -0.494 e. The molecule has 0 spiro atoms. The van der Waals surface area contributed by atoms with Crippen molar-refractivity contribution in [2.24, 2.45) is 0 Å². The van der Waals surface area contributed by atoms with Crippen LogP contribution in [-0.4, -0.2) is 17.4 Å². The monoisotopic (exact) mass is 396 g/mol. The van der Waals surface area contributed by atoms with E-state index in [0.717, 1.165) is 37.9 Å². The first kappa shape index (κ1) is 20.6. The molecule has 0 N–H and O–H groups in total. The summed E-state index contributed by atoms with van der Waals surface area (Å²) in [6, 6.07) is 17.1. The van der Waals surface area contributed by atoms with E-state index < -0.39 is 11.1 Å². The number of hydrogen-bond acceptors (Lipinski definition) is 3. The summed E-state index contributed by atoms with van der Waals surface area (Å²) < 4.78 is 22.0. The molecule has 0 aromatic heterocycles. The Kier molecular flexibility index (Phi) is 8.07. The van der Waals surface area contributed by atoms with Gasteiger partial charge >= 0.3 is 0 Å². The molecular weight excluding hydrogens is 368 g/mol. The van der Waals surface area contributed by atoms with Gasteiger partial charge < -0.3 is 4.74 Å². The highest BCUT2D eigenvalue weighted by atomic mass is 32.2. The third-order valence-electron chi connectivity index (χ3n) is 4.90. The largest absolute Gasteiger partial charge is 0.494 e. The van der Waals surface area contributed by atoms with E-state index in [-0.39, 0.29) is 0 Å². The van der Waals surface area contributed by atoms with E-state index in [1.165, 1.54) is 34.1 Å². The molecule has 1 aliphatic carbocycles. The van der Waals surface area contributed by atoms with E-state index >= 15 is 0 Å². The van der Waals surface area contributed by atoms with E-state index in [0.29, 0.717) is 13.2 Å². The van der Waals surface area contributed by atoms with Gasteiger partial charge in [0.2, 0.25) is 0 Å². The molecule has 0 fully saturated rings. The van der Waals surface area contributed by atoms with Gasteiger partial charge in [0, 0.05) is 5.41 Å². The molecule has 4 heteroatoms. The molecule has 0 saturated heterocycles. The first-order valence-electron chi connectivity index (χ1n) is 9.94. The number of fused-ring (bicyclic) bond motifs is 1. The fourth-order valence-electron chi connectivity index (χ4n) is 3.38. The standard InChI is InChI=1S/C24H28O3S/c1-2-28(25)27-18-7-3-6-17-26-24-15-13-21(14-16-24)23-12-8-11-20-9-4-5-10-22(20)19-23/h2,4-5,9-10,13-16,19H,1,3,6-8,11-12,17-18H2. The van der Waals surface area contributed by atoms with Crippen molar-refractivity contribution in [3.05, 3.63) is 77.2 Å². The number of ether oxygens (including phenoxy) is 1. The van der Waals surface area contributed by atoms with Gasteiger partial charge in [0.25, 0.3) is 0 Å². The Balaban J connectivity index is 1.46. The number of benzene rings is 2. The van der Waals surface area contributed by atoms with Crippen LogP contribution in [0.5, 0.6) is 5.75 Å². The van der Waals surface area contributed by atoms with Gasteiger partial charge in [0.05, 0.1) is 13.2 Å². The lowest BCUT2D eigenvalue weighted by molar-refractivity contribution is 0.290. The van der Waals surface area contributed by atoms with Crippen molar-refractivity contribution < 1.29 is 13.1 Å². The minimum atomic E-state index is -1.35. The van der Waals surface area contributed by atoms with Crippen LogP contribution in [0.4, 0.5) is 0 Å². The molecule has 28 heavy (non-hydrogen) atoms. The molecule has 0 radical (unpaired) electrons. The molecule has 0 saturated carbocycles. The molecule has 2 aromatic rings. The third-order valence-corrected chi connectivity index (χ3v) is 5.57. The molecule has 148 valence electrons. The van der Waals surface area contributed by atoms with Crippen LogP contribution in [0.3, 0.4) is 0 Å². The van der Waals surface area contributed by atoms with Crippen LogP contribution in [0.1, 0.15) is 48.8 Å². The van der Waals surface area contributed by atoms with Crippen molar-refractivity contribution in [3.8, 4) is 5.75 Å². The second-order valence-electron chi connectivity index (χ2n) is 6.90. The smallest absolute Gasteiger partial charge is 0.181 e. The molecule has 3 nitrogen and oxygen atoms in total. The molecule has 0 amide bonds. The molecule has 0 heterocycles. The Morgan fingerprint density at radius 3 is 2.57 bits per heavy atom. The summed E-state index contributed by atoms with van der Waals surface area (Å²) in [6.45, 7) is 4.60. The Hall–Kier alpha value is -2.17. The molecule has 0 bridgehead atoms. The Labute approximate surface area is 170 Å². The lowest BCUT2D eigenvalue weighted by Crippen LogP contribution is -2.00. The number of aryl methyl sites for hydroxylation is 1. The topological polar surface area (TPSA) is 35.5 Å². The van der Waals surface area contributed by atoms with E-state index in [1.807, 2.05) is 0 Å². The number of unbranched alkanes of at least 4 members (excludes halogenated alkanes) is 2. The van der Waals surface area contributed by atoms with Crippen LogP contribution in [0, 0.1) is 0 Å². The van der Waals surface area contributed by atoms with Crippen molar-refractivity contribution in [1.82, 2.24) is 0 Å². The quantitative estimate of drug-likeness (QED) is 0.467. The molecule has 2 aromatic carbocycles. The van der Waals surface area contributed by atoms with Crippen LogP contribution < -0.4 is 4.74 Å². The fourth-order valence-corrected chi connectivity index (χ4v) is 3.76. The molecular formula is C24H28O3S. The molecule has 1 atom stereocenters. The Morgan fingerprint density at radius 1 is 0.964 bits per heavy atom. The lowest BCUT2D eigenvalue weighted by atomic mass is 10.0. The zero-order valence-electron chi connectivity index (χ0n) is 16.3. The van der Waals surface area contributed by atoms with Gasteiger partial charge in [-0.3, -0.25) is 4.18 Å². The van der Waals surface area contributed by atoms with Crippen LogP contribution in [0.15, 0.2) is 60.5 Å². The maximum Gasteiger partial charge on any atom is 0.181 e. The predicted octanol–water partition coefficient (Wildman–Crippen LogP) is 5.94. The first-order chi connectivity index (χ1) is 13.8. The van der Waals surface area contributed by atoms with Crippen LogP contribution in [-0.2, 0) is 21.7 Å². The fraction of sp³-hybridized carbons (Fsp3) is 0.333. The number of allylic oxidation sites excluding steroid dienone is 1. The lowest BCUT2D eigenvalue weighted by Gasteiger charge is -2.09. The molecule has 3 rings (SSSR count). The summed E-state index contributed by atoms with van der Waals surface area (Å²) in [4.78, 5) is 0. The zero-order chi connectivity index (χ0) is 19.6. The van der Waals surface area contributed by atoms with Gasteiger partial charge in [-0.15, -0.1) is 0 Å². The van der Waals surface area contributed by atoms with Crippen molar-refractivity contribution in [3.63, 3.8) is 0 Å². The van der Waals surface area contributed by atoms with E-state index in [4.69, 9.17) is 8.92 Å². The van der Waals surface area contributed by atoms with Crippen molar-refractivity contribution >= 4 is 22.7 Å². The maximum absolute atomic E-state index is 11.0. The highest BCUT2D eigenvalue weighted by Crippen LogP contribution is 2.30. The zero-order valence-corrected chi connectivity index (χ0v) is 17.1. The van der Waals surface area contributed by atoms with Gasteiger partial charge in [0.1, 0.15) is 5.75 Å². The van der Waals surface area contributed by atoms with E-state index in [1.54, 1.807) is 0 Å². The summed E-state index contributed by atoms with van der Waals surface area (Å²) in [5, 5.41) is 1.30. The number of hydrogen-bond donors (Lipinski definition) is 0. The summed E-state index contributed by atoms with van der Waals surface area (Å²) in [6.07, 6.45) is 8.58. The summed E-state index contributed by atoms with van der Waals surface area (Å²) >= 11 is -1.35. The Bertz CT molecular complexity index is 824. The van der Waals surface area contributed by atoms with Gasteiger partial charge in [-0.2, -0.15) is 0 Å². The first-order valence-corrected chi connectivity index (χ1v) is 11.1. The summed E-state index contributed by atoms with van der Waals surface area (Å²) in [7, 11) is 0. The molecule has 1 aliphatic rings. The van der Waals surface area contributed by atoms with Gasteiger partial charge in [0.15, 0.2) is 11.1 Å². The van der Waals surface area contributed by atoms with Crippen LogP contribution in [0.25, 0.3) is 11.6 Å². The molecule has 1 unspecified atom stereocenters. The maximum atomic E-state index is 11.0. The second kappa shape index (κ2) is 11.0. The van der Waals surface area contributed by atoms with Crippen molar-refractivity contribution in [2.75, 3.05) is 13.2 Å². The normalized spacial score (nSPS) is 14.5. The highest BCUT2D eigenvalue weighted by molar-refractivity contribution is 7.83. The van der Waals surface area contributed by atoms with E-state index in [2.05, 4.69) is 61.2 Å². The minimum absolute atomic E-state index is 0.492. The van der Waals surface area contributed by atoms with E-state index in [9.17, 15) is 4.21 Å². The Morgan fingerprint density at radius 2 is 1.75 bits per heavy atom. The average Bonchev–Trinajstić information content (AvgIpc) is 2.96. The summed E-state index contributed by atoms with van der Waals surface area (Å²) in [5.41, 5.74) is 5.46. The van der Waals surface area contributed by atoms with Gasteiger partial charge in [-0.05, 0) is 72.9 Å². The highest BCUT2D eigenvalue weighted by Gasteiger charge is 2.10. The summed E-state index contributed by atoms with van der Waals surface area (Å²) in [5.74, 6) is 0.905. The van der Waals surface area contributed by atoms with Gasteiger partial charge in [-0.25, -0.2) is 4.21 Å². The van der Waals surface area contributed by atoms with Crippen molar-refractivity contribution in [2.45, 2.75) is 38.5 Å². The van der Waals surface area contributed by atoms with Crippen molar-refractivity contribution in [1.29, 1.82) is 0 Å². The predicted molar refractivity (Wildman–Crippen MR) is 117 cm³/mol. The second-order valence-corrected chi connectivity index (χ2v) is 7.99. The van der Waals surface area contributed by atoms with Crippen LogP contribution in [0.2, 0.25) is 0 Å². The SMILES string of the molecule is C=CS(=O)OCCCCCOc1ccc(C2=Cc3ccccc3CCC2)cc1. The average molecular weight is 397 g/mol. The molecule has 0 aliphatic heterocycles. The third kappa shape index (κ3) is 6.18. The van der Waals surface area contributed by atoms with Crippen LogP contribution >= 0.6 is 0 Å². The number of rotatable bonds is 10. The van der Waals surface area contributed by atoms with Gasteiger partial charge in [-0.1, -0.05) is 49.1 Å².